The van der Waals surface area contributed by atoms with Gasteiger partial charge in [0.1, 0.15) is 17.3 Å². The third kappa shape index (κ3) is 5.08. The average molecular weight is 287 g/mol. The van der Waals surface area contributed by atoms with E-state index in [4.69, 9.17) is 8.83 Å². The molecule has 0 radical (unpaired) electrons. The van der Waals surface area contributed by atoms with E-state index in [0.717, 1.165) is 24.5 Å². The molecule has 19 heavy (non-hydrogen) atoms. The largest absolute Gasteiger partial charge is 0.469 e. The summed E-state index contributed by atoms with van der Waals surface area (Å²) in [5.74, 6) is 0.0998. The van der Waals surface area contributed by atoms with Crippen LogP contribution in [0.3, 0.4) is 0 Å². The lowest BCUT2D eigenvalue weighted by Crippen LogP contribution is -2.15. The first kappa shape index (κ1) is 14.1. The van der Waals surface area contributed by atoms with Gasteiger partial charge in [-0.3, -0.25) is 0 Å². The lowest BCUT2D eigenvalue weighted by molar-refractivity contribution is 0.251. The smallest absolute Gasteiger partial charge is 0.284 e. The number of hydrogen-bond acceptors (Lipinski definition) is 4. The molecule has 0 aromatic carbocycles. The topological polar surface area (TPSA) is 38.3 Å². The molecule has 2 rings (SSSR count). The standard InChI is InChI=1S/C13H15F2NO2S/c14-13(15)19-9-12-4-3-11(18-12)8-16-6-5-10-2-1-7-17-10/h1-4,7,13,16H,5-6,8-9H2. The number of thioether (sulfide) groups is 1. The highest BCUT2D eigenvalue weighted by Crippen LogP contribution is 2.21. The summed E-state index contributed by atoms with van der Waals surface area (Å²) < 4.78 is 34.7. The molecule has 2 aromatic rings. The Kier molecular flexibility index (Phi) is 5.47. The molecule has 0 atom stereocenters. The van der Waals surface area contributed by atoms with Crippen LogP contribution in [0.2, 0.25) is 0 Å². The van der Waals surface area contributed by atoms with Gasteiger partial charge in [-0.15, -0.1) is 0 Å². The Balaban J connectivity index is 1.65. The summed E-state index contributed by atoms with van der Waals surface area (Å²) in [5, 5.41) is 3.21. The molecule has 0 spiro atoms. The Hall–Kier alpha value is -1.27. The lowest BCUT2D eigenvalue weighted by atomic mass is 10.3. The van der Waals surface area contributed by atoms with Crippen molar-refractivity contribution >= 4 is 11.8 Å². The first-order valence-electron chi connectivity index (χ1n) is 5.94. The minimum Gasteiger partial charge on any atom is -0.469 e. The van der Waals surface area contributed by atoms with Gasteiger partial charge in [-0.25, -0.2) is 0 Å². The third-order valence-electron chi connectivity index (χ3n) is 2.50. The summed E-state index contributed by atoms with van der Waals surface area (Å²) in [7, 11) is 0. The van der Waals surface area contributed by atoms with Crippen LogP contribution in [0.15, 0.2) is 39.4 Å². The predicted molar refractivity (Wildman–Crippen MR) is 70.1 cm³/mol. The number of alkyl halides is 2. The number of rotatable bonds is 8. The van der Waals surface area contributed by atoms with Crippen LogP contribution in [0.4, 0.5) is 8.78 Å². The molecule has 0 amide bonds. The van der Waals surface area contributed by atoms with Gasteiger partial charge in [0, 0.05) is 13.0 Å². The summed E-state index contributed by atoms with van der Waals surface area (Å²) in [4.78, 5) is 0. The van der Waals surface area contributed by atoms with E-state index >= 15 is 0 Å². The fourth-order valence-corrected chi connectivity index (χ4v) is 2.06. The van der Waals surface area contributed by atoms with Crippen molar-refractivity contribution in [2.45, 2.75) is 24.5 Å². The van der Waals surface area contributed by atoms with Crippen LogP contribution in [-0.4, -0.2) is 12.3 Å². The molecule has 2 aromatic heterocycles. The van der Waals surface area contributed by atoms with E-state index in [1.54, 1.807) is 18.4 Å². The number of nitrogens with one attached hydrogen (secondary N) is 1. The summed E-state index contributed by atoms with van der Waals surface area (Å²) in [6.45, 7) is 1.36. The molecule has 0 aliphatic heterocycles. The molecule has 0 saturated carbocycles. The van der Waals surface area contributed by atoms with Crippen molar-refractivity contribution < 1.29 is 17.6 Å². The highest BCUT2D eigenvalue weighted by Gasteiger charge is 2.07. The van der Waals surface area contributed by atoms with Crippen LogP contribution in [0.5, 0.6) is 0 Å². The molecule has 1 N–H and O–H groups in total. The van der Waals surface area contributed by atoms with Gasteiger partial charge in [0.15, 0.2) is 0 Å². The second-order valence-electron chi connectivity index (χ2n) is 3.95. The van der Waals surface area contributed by atoms with Crippen molar-refractivity contribution in [2.24, 2.45) is 0 Å². The van der Waals surface area contributed by atoms with Crippen molar-refractivity contribution in [1.82, 2.24) is 5.32 Å². The maximum Gasteiger partial charge on any atom is 0.284 e. The molecular weight excluding hydrogens is 272 g/mol. The van der Waals surface area contributed by atoms with Crippen molar-refractivity contribution in [3.63, 3.8) is 0 Å². The Bertz CT molecular complexity index is 471. The van der Waals surface area contributed by atoms with Crippen LogP contribution in [0, 0.1) is 0 Å². The highest BCUT2D eigenvalue weighted by molar-refractivity contribution is 7.98. The molecular formula is C13H15F2NO2S. The zero-order valence-electron chi connectivity index (χ0n) is 10.3. The average Bonchev–Trinajstić information content (AvgIpc) is 3.04. The molecule has 0 saturated heterocycles. The van der Waals surface area contributed by atoms with Crippen LogP contribution in [0.25, 0.3) is 0 Å². The molecule has 0 bridgehead atoms. The van der Waals surface area contributed by atoms with E-state index < -0.39 is 5.76 Å². The summed E-state index contributed by atoms with van der Waals surface area (Å²) >= 11 is 0.564. The molecule has 0 fully saturated rings. The molecule has 3 nitrogen and oxygen atoms in total. The fraction of sp³-hybridized carbons (Fsp3) is 0.385. The Morgan fingerprint density at radius 2 is 2.00 bits per heavy atom. The Labute approximate surface area is 114 Å². The van der Waals surface area contributed by atoms with Gasteiger partial charge in [0.25, 0.3) is 5.76 Å². The van der Waals surface area contributed by atoms with Crippen molar-refractivity contribution in [3.05, 3.63) is 47.8 Å². The number of halogens is 2. The van der Waals surface area contributed by atoms with Crippen LogP contribution < -0.4 is 5.32 Å². The van der Waals surface area contributed by atoms with Gasteiger partial charge in [0.05, 0.1) is 18.6 Å². The van der Waals surface area contributed by atoms with E-state index in [2.05, 4.69) is 5.32 Å². The van der Waals surface area contributed by atoms with Crippen LogP contribution in [-0.2, 0) is 18.7 Å². The van der Waals surface area contributed by atoms with Gasteiger partial charge >= 0.3 is 0 Å². The lowest BCUT2D eigenvalue weighted by Gasteiger charge is -2.01. The zero-order valence-corrected chi connectivity index (χ0v) is 11.1. The van der Waals surface area contributed by atoms with Crippen LogP contribution >= 0.6 is 11.8 Å². The fourth-order valence-electron chi connectivity index (χ4n) is 1.62. The normalized spacial score (nSPS) is 11.3. The SMILES string of the molecule is FC(F)SCc1ccc(CNCCc2ccco2)o1. The Morgan fingerprint density at radius 1 is 1.16 bits per heavy atom. The van der Waals surface area contributed by atoms with Crippen molar-refractivity contribution in [2.75, 3.05) is 6.54 Å². The third-order valence-corrected chi connectivity index (χ3v) is 3.20. The first-order chi connectivity index (χ1) is 9.24. The monoisotopic (exact) mass is 287 g/mol. The van der Waals surface area contributed by atoms with Crippen LogP contribution in [0.1, 0.15) is 17.3 Å². The summed E-state index contributed by atoms with van der Waals surface area (Å²) in [6, 6.07) is 7.32. The molecule has 0 aliphatic rings. The number of hydrogen-bond donors (Lipinski definition) is 1. The van der Waals surface area contributed by atoms with E-state index in [9.17, 15) is 8.78 Å². The van der Waals surface area contributed by atoms with E-state index in [1.165, 1.54) is 0 Å². The Morgan fingerprint density at radius 3 is 2.74 bits per heavy atom. The molecule has 6 heteroatoms. The second-order valence-corrected chi connectivity index (χ2v) is 4.92. The zero-order chi connectivity index (χ0) is 13.5. The van der Waals surface area contributed by atoms with Gasteiger partial charge in [0.2, 0.25) is 0 Å². The molecule has 0 aliphatic carbocycles. The first-order valence-corrected chi connectivity index (χ1v) is 6.99. The predicted octanol–water partition coefficient (Wildman–Crippen LogP) is 3.66. The van der Waals surface area contributed by atoms with Crippen molar-refractivity contribution in [1.29, 1.82) is 0 Å². The van der Waals surface area contributed by atoms with Gasteiger partial charge in [-0.05, 0) is 24.3 Å². The minimum absolute atomic E-state index is 0.198. The van der Waals surface area contributed by atoms with E-state index in [1.807, 2.05) is 12.1 Å². The maximum atomic E-state index is 12.0. The molecule has 104 valence electrons. The highest BCUT2D eigenvalue weighted by atomic mass is 32.2. The maximum absolute atomic E-state index is 12.0. The number of furan rings is 2. The molecule has 2 heterocycles. The van der Waals surface area contributed by atoms with Gasteiger partial charge in [-0.2, -0.15) is 8.78 Å². The summed E-state index contributed by atoms with van der Waals surface area (Å²) in [6.07, 6.45) is 2.45. The van der Waals surface area contributed by atoms with Crippen molar-refractivity contribution in [3.8, 4) is 0 Å². The minimum atomic E-state index is -2.36. The summed E-state index contributed by atoms with van der Waals surface area (Å²) in [5.41, 5.74) is 0. The van der Waals surface area contributed by atoms with E-state index in [0.29, 0.717) is 24.1 Å². The quantitative estimate of drug-likeness (QED) is 0.752. The van der Waals surface area contributed by atoms with E-state index in [-0.39, 0.29) is 5.75 Å². The van der Waals surface area contributed by atoms with Gasteiger partial charge in [-0.1, -0.05) is 11.8 Å². The van der Waals surface area contributed by atoms with Gasteiger partial charge < -0.3 is 14.2 Å². The molecule has 0 unspecified atom stereocenters. The second kappa shape index (κ2) is 7.35.